The maximum absolute atomic E-state index is 14.2. The number of sulfonamides is 1. The Morgan fingerprint density at radius 2 is 1.43 bits per heavy atom. The molecule has 0 aliphatic heterocycles. The van der Waals surface area contributed by atoms with E-state index in [2.05, 4.69) is 0 Å². The minimum atomic E-state index is -3.95. The van der Waals surface area contributed by atoms with E-state index in [9.17, 15) is 23.1 Å². The number of benzene rings is 3. The molecule has 256 valence electrons. The SMILES string of the molecule is COC(=O)N(C(=O)[C@@H](N)C(c1ccccc1)c1ccccc1)C(C)(C)CCC[C@@H](CO)N(CCC(C)C)S(=O)(=O)c1ccc(N)cc1. The molecule has 5 N–H and O–H groups in total. The van der Waals surface area contributed by atoms with Crippen molar-refractivity contribution >= 4 is 27.7 Å². The van der Waals surface area contributed by atoms with Crippen molar-refractivity contribution in [1.29, 1.82) is 0 Å². The highest BCUT2D eigenvalue weighted by Gasteiger charge is 2.42. The minimum absolute atomic E-state index is 0.0945. The van der Waals surface area contributed by atoms with Gasteiger partial charge in [-0.3, -0.25) is 4.79 Å². The second-order valence-electron chi connectivity index (χ2n) is 12.9. The Labute approximate surface area is 279 Å². The summed E-state index contributed by atoms with van der Waals surface area (Å²) >= 11 is 0. The summed E-state index contributed by atoms with van der Waals surface area (Å²) in [6.45, 7) is 7.35. The summed E-state index contributed by atoms with van der Waals surface area (Å²) in [6.07, 6.45) is 0.752. The zero-order valence-corrected chi connectivity index (χ0v) is 28.9. The van der Waals surface area contributed by atoms with Gasteiger partial charge >= 0.3 is 6.09 Å². The summed E-state index contributed by atoms with van der Waals surface area (Å²) < 4.78 is 34.0. The summed E-state index contributed by atoms with van der Waals surface area (Å²) in [5.74, 6) is -0.890. The number of amides is 2. The van der Waals surface area contributed by atoms with Crippen LogP contribution in [0.5, 0.6) is 0 Å². The van der Waals surface area contributed by atoms with E-state index in [0.717, 1.165) is 16.0 Å². The smallest absolute Gasteiger partial charge is 0.416 e. The number of ether oxygens (including phenoxy) is 1. The Balaban J connectivity index is 1.86. The lowest BCUT2D eigenvalue weighted by Crippen LogP contribution is -2.57. The van der Waals surface area contributed by atoms with Gasteiger partial charge in [-0.1, -0.05) is 74.5 Å². The van der Waals surface area contributed by atoms with Crippen LogP contribution in [0.4, 0.5) is 10.5 Å². The van der Waals surface area contributed by atoms with Crippen LogP contribution >= 0.6 is 0 Å². The van der Waals surface area contributed by atoms with Gasteiger partial charge in [0.15, 0.2) is 0 Å². The molecule has 2 amide bonds. The van der Waals surface area contributed by atoms with E-state index in [1.165, 1.54) is 35.7 Å². The van der Waals surface area contributed by atoms with Gasteiger partial charge in [-0.05, 0) is 80.8 Å². The van der Waals surface area contributed by atoms with E-state index in [4.69, 9.17) is 16.2 Å². The molecule has 3 aromatic rings. The molecule has 0 aromatic heterocycles. The fraction of sp³-hybridized carbons (Fsp3) is 0.444. The summed E-state index contributed by atoms with van der Waals surface area (Å²) in [4.78, 5) is 28.5. The van der Waals surface area contributed by atoms with Gasteiger partial charge in [0.05, 0.1) is 24.7 Å². The van der Waals surface area contributed by atoms with Gasteiger partial charge in [-0.25, -0.2) is 18.1 Å². The Bertz CT molecular complexity index is 1490. The van der Waals surface area contributed by atoms with E-state index < -0.39 is 52.2 Å². The Morgan fingerprint density at radius 1 is 0.894 bits per heavy atom. The first-order valence-electron chi connectivity index (χ1n) is 16.0. The average Bonchev–Trinajstić information content (AvgIpc) is 3.04. The van der Waals surface area contributed by atoms with Gasteiger partial charge in [-0.15, -0.1) is 0 Å². The third-order valence-corrected chi connectivity index (χ3v) is 10.5. The number of carbonyl (C=O) groups is 2. The number of carbonyl (C=O) groups excluding carboxylic acids is 2. The molecule has 0 bridgehead atoms. The number of nitrogens with two attached hydrogens (primary N) is 2. The predicted molar refractivity (Wildman–Crippen MR) is 185 cm³/mol. The van der Waals surface area contributed by atoms with Crippen LogP contribution in [0.3, 0.4) is 0 Å². The van der Waals surface area contributed by atoms with Crippen molar-refractivity contribution in [2.75, 3.05) is 26.0 Å². The van der Waals surface area contributed by atoms with Crippen molar-refractivity contribution in [2.45, 2.75) is 81.8 Å². The number of hydrogen-bond donors (Lipinski definition) is 3. The topological polar surface area (TPSA) is 156 Å². The molecule has 0 fully saturated rings. The lowest BCUT2D eigenvalue weighted by atomic mass is 9.84. The molecule has 0 radical (unpaired) electrons. The summed E-state index contributed by atoms with van der Waals surface area (Å²) in [5, 5.41) is 10.4. The highest BCUT2D eigenvalue weighted by Crippen LogP contribution is 2.32. The minimum Gasteiger partial charge on any atom is -0.452 e. The number of hydrogen-bond acceptors (Lipinski definition) is 8. The number of nitrogen functional groups attached to an aromatic ring is 1. The summed E-state index contributed by atoms with van der Waals surface area (Å²) in [6, 6.07) is 23.0. The van der Waals surface area contributed by atoms with Crippen LogP contribution in [-0.4, -0.2) is 72.6 Å². The Kier molecular flexibility index (Phi) is 13.5. The average molecular weight is 667 g/mol. The van der Waals surface area contributed by atoms with Crippen molar-refractivity contribution in [3.05, 3.63) is 96.1 Å². The van der Waals surface area contributed by atoms with Crippen LogP contribution in [0, 0.1) is 5.92 Å². The van der Waals surface area contributed by atoms with Gasteiger partial charge in [0.1, 0.15) is 0 Å². The predicted octanol–water partition coefficient (Wildman–Crippen LogP) is 5.37. The zero-order chi connectivity index (χ0) is 34.8. The first-order valence-corrected chi connectivity index (χ1v) is 17.4. The second-order valence-corrected chi connectivity index (χ2v) is 14.8. The molecular formula is C36H50N4O6S. The largest absolute Gasteiger partial charge is 0.452 e. The molecule has 0 spiro atoms. The maximum Gasteiger partial charge on any atom is 0.416 e. The molecule has 0 saturated carbocycles. The molecule has 0 aliphatic rings. The summed E-state index contributed by atoms with van der Waals surface area (Å²) in [5.41, 5.74) is 13.6. The lowest BCUT2D eigenvalue weighted by molar-refractivity contribution is -0.135. The number of rotatable bonds is 16. The summed E-state index contributed by atoms with van der Waals surface area (Å²) in [7, 11) is -2.73. The van der Waals surface area contributed by atoms with E-state index in [-0.39, 0.29) is 23.8 Å². The highest BCUT2D eigenvalue weighted by molar-refractivity contribution is 7.89. The number of aliphatic hydroxyl groups excluding tert-OH is 1. The quantitative estimate of drug-likeness (QED) is 0.172. The molecule has 0 unspecified atom stereocenters. The van der Waals surface area contributed by atoms with Crippen LogP contribution in [0.1, 0.15) is 70.4 Å². The van der Waals surface area contributed by atoms with Crippen LogP contribution in [0.25, 0.3) is 0 Å². The fourth-order valence-corrected chi connectivity index (χ4v) is 7.48. The molecule has 10 nitrogen and oxygen atoms in total. The van der Waals surface area contributed by atoms with Crippen molar-refractivity contribution in [3.8, 4) is 0 Å². The van der Waals surface area contributed by atoms with E-state index >= 15 is 0 Å². The first kappa shape index (κ1) is 37.7. The van der Waals surface area contributed by atoms with Crippen molar-refractivity contribution < 1.29 is 27.9 Å². The Hall–Kier alpha value is -3.77. The van der Waals surface area contributed by atoms with Crippen molar-refractivity contribution in [2.24, 2.45) is 11.7 Å². The number of anilines is 1. The molecule has 0 aliphatic carbocycles. The monoisotopic (exact) mass is 666 g/mol. The van der Waals surface area contributed by atoms with E-state index in [1.54, 1.807) is 13.8 Å². The standard InChI is InChI=1S/C36H50N4O6S/c1-26(2)22-24-39(47(44,45)31-20-18-29(37)19-21-31)30(25-41)17-12-23-36(3,4)40(35(43)46-5)34(42)33(38)32(27-13-8-6-9-14-27)28-15-10-7-11-16-28/h6-11,13-16,18-21,26,30,32-33,41H,12,17,22-25,37-38H2,1-5H3/t30-,33-/m0/s1. The number of nitrogens with zero attached hydrogens (tertiary/aromatic N) is 2. The van der Waals surface area contributed by atoms with E-state index in [0.29, 0.717) is 24.9 Å². The molecular weight excluding hydrogens is 616 g/mol. The van der Waals surface area contributed by atoms with Gasteiger partial charge < -0.3 is 21.3 Å². The third kappa shape index (κ3) is 9.63. The molecule has 2 atom stereocenters. The fourth-order valence-electron chi connectivity index (χ4n) is 5.81. The first-order chi connectivity index (χ1) is 22.2. The molecule has 47 heavy (non-hydrogen) atoms. The van der Waals surface area contributed by atoms with Crippen molar-refractivity contribution in [1.82, 2.24) is 9.21 Å². The number of imide groups is 1. The van der Waals surface area contributed by atoms with Crippen LogP contribution in [0.15, 0.2) is 89.8 Å². The van der Waals surface area contributed by atoms with E-state index in [1.807, 2.05) is 74.5 Å². The zero-order valence-electron chi connectivity index (χ0n) is 28.1. The molecule has 11 heteroatoms. The second kappa shape index (κ2) is 16.9. The molecule has 3 aromatic carbocycles. The maximum atomic E-state index is 14.2. The number of aliphatic hydroxyl groups is 1. The van der Waals surface area contributed by atoms with Gasteiger partial charge in [0, 0.05) is 29.7 Å². The normalized spacial score (nSPS) is 13.5. The van der Waals surface area contributed by atoms with Crippen LogP contribution < -0.4 is 11.5 Å². The molecule has 0 saturated heterocycles. The van der Waals surface area contributed by atoms with Gasteiger partial charge in [0.25, 0.3) is 0 Å². The van der Waals surface area contributed by atoms with Crippen LogP contribution in [-0.2, 0) is 19.6 Å². The van der Waals surface area contributed by atoms with Gasteiger partial charge in [-0.2, -0.15) is 4.31 Å². The molecule has 3 rings (SSSR count). The number of methoxy groups -OCH3 is 1. The lowest BCUT2D eigenvalue weighted by Gasteiger charge is -2.39. The van der Waals surface area contributed by atoms with Crippen molar-refractivity contribution in [3.63, 3.8) is 0 Å². The molecule has 0 heterocycles. The Morgan fingerprint density at radius 3 is 1.89 bits per heavy atom. The highest BCUT2D eigenvalue weighted by atomic mass is 32.2. The van der Waals surface area contributed by atoms with Crippen LogP contribution in [0.2, 0.25) is 0 Å². The third-order valence-electron chi connectivity index (χ3n) is 8.50. The van der Waals surface area contributed by atoms with Gasteiger partial charge in [0.2, 0.25) is 15.9 Å².